The maximum atomic E-state index is 13.3. The van der Waals surface area contributed by atoms with Crippen molar-refractivity contribution in [3.05, 3.63) is 39.1 Å². The van der Waals surface area contributed by atoms with Crippen LogP contribution in [0.1, 0.15) is 0 Å². The molecule has 2 N–H and O–H groups in total. The van der Waals surface area contributed by atoms with Crippen LogP contribution < -0.4 is 20.3 Å². The molecule has 0 atom stereocenters. The minimum absolute atomic E-state index is 0.0183. The highest BCUT2D eigenvalue weighted by Crippen LogP contribution is 2.31. The SMILES string of the molecule is COCC(COC)(NC(=O)Oc1ccc(Br)s1)C(=O)Nc1ccc(N2CCOCC2=O)c(Cl)c1. The molecule has 10 nitrogen and oxygen atoms in total. The van der Waals surface area contributed by atoms with Gasteiger partial charge in [-0.15, -0.1) is 0 Å². The molecule has 0 saturated carbocycles. The Bertz CT molecular complexity index is 1050. The van der Waals surface area contributed by atoms with Crippen molar-refractivity contribution in [3.8, 4) is 5.06 Å². The number of carbonyl (C=O) groups excluding carboxylic acids is 3. The van der Waals surface area contributed by atoms with E-state index in [-0.39, 0.29) is 30.8 Å². The van der Waals surface area contributed by atoms with E-state index < -0.39 is 17.5 Å². The van der Waals surface area contributed by atoms with Crippen LogP contribution >= 0.6 is 38.9 Å². The summed E-state index contributed by atoms with van der Waals surface area (Å²) in [5, 5.41) is 5.90. The monoisotopic (exact) mass is 575 g/mol. The van der Waals surface area contributed by atoms with Crippen molar-refractivity contribution in [3.63, 3.8) is 0 Å². The molecule has 1 aromatic heterocycles. The maximum Gasteiger partial charge on any atom is 0.414 e. The van der Waals surface area contributed by atoms with Crippen molar-refractivity contribution in [1.82, 2.24) is 5.32 Å². The standard InChI is InChI=1S/C21H23BrClN3O7S/c1-30-11-21(12-31-2,25-20(29)33-18-6-5-16(22)34-18)19(28)24-13-3-4-15(14(23)9-13)26-7-8-32-10-17(26)27/h3-6,9H,7-8,10-12H2,1-2H3,(H,24,28)(H,25,29). The lowest BCUT2D eigenvalue weighted by Crippen LogP contribution is -2.63. The van der Waals surface area contributed by atoms with Gasteiger partial charge in [0.2, 0.25) is 0 Å². The van der Waals surface area contributed by atoms with E-state index in [1.807, 2.05) is 0 Å². The largest absolute Gasteiger partial charge is 0.414 e. The van der Waals surface area contributed by atoms with E-state index in [9.17, 15) is 14.4 Å². The number of anilines is 2. The first-order valence-corrected chi connectivity index (χ1v) is 12.0. The molecule has 0 spiro atoms. The number of hydrogen-bond acceptors (Lipinski definition) is 8. The van der Waals surface area contributed by atoms with Gasteiger partial charge in [-0.05, 0) is 46.3 Å². The molecule has 1 aliphatic rings. The number of nitrogens with zero attached hydrogens (tertiary/aromatic N) is 1. The number of halogens is 2. The van der Waals surface area contributed by atoms with Crippen LogP contribution in [0, 0.1) is 0 Å². The van der Waals surface area contributed by atoms with E-state index in [0.29, 0.717) is 29.6 Å². The lowest BCUT2D eigenvalue weighted by atomic mass is 10.0. The molecule has 1 saturated heterocycles. The normalized spacial score (nSPS) is 14.1. The van der Waals surface area contributed by atoms with Gasteiger partial charge in [0.15, 0.2) is 10.6 Å². The summed E-state index contributed by atoms with van der Waals surface area (Å²) in [7, 11) is 2.79. The summed E-state index contributed by atoms with van der Waals surface area (Å²) >= 11 is 10.9. The van der Waals surface area contributed by atoms with Crippen LogP contribution in [0.15, 0.2) is 34.1 Å². The van der Waals surface area contributed by atoms with Gasteiger partial charge in [-0.2, -0.15) is 0 Å². The highest BCUT2D eigenvalue weighted by atomic mass is 79.9. The fourth-order valence-corrected chi connectivity index (χ4v) is 4.76. The quantitative estimate of drug-likeness (QED) is 0.471. The summed E-state index contributed by atoms with van der Waals surface area (Å²) in [6, 6.07) is 8.10. The zero-order chi connectivity index (χ0) is 24.7. The summed E-state index contributed by atoms with van der Waals surface area (Å²) < 4.78 is 21.6. The Kier molecular flexibility index (Phi) is 9.28. The molecule has 1 aliphatic heterocycles. The number of rotatable bonds is 9. The van der Waals surface area contributed by atoms with Crippen LogP contribution in [0.2, 0.25) is 5.02 Å². The molecule has 34 heavy (non-hydrogen) atoms. The fraction of sp³-hybridized carbons (Fsp3) is 0.381. The Morgan fingerprint density at radius 2 is 1.97 bits per heavy atom. The predicted octanol–water partition coefficient (Wildman–Crippen LogP) is 3.29. The zero-order valence-corrected chi connectivity index (χ0v) is 21.5. The van der Waals surface area contributed by atoms with Gasteiger partial charge in [0.25, 0.3) is 11.8 Å². The molecular formula is C21H23BrClN3O7S. The van der Waals surface area contributed by atoms with Crippen molar-refractivity contribution in [2.45, 2.75) is 5.54 Å². The lowest BCUT2D eigenvalue weighted by Gasteiger charge is -2.31. The number of benzene rings is 1. The number of carbonyl (C=O) groups is 3. The zero-order valence-electron chi connectivity index (χ0n) is 18.4. The molecule has 1 aromatic carbocycles. The molecule has 2 heterocycles. The topological polar surface area (TPSA) is 115 Å². The van der Waals surface area contributed by atoms with E-state index in [2.05, 4.69) is 26.6 Å². The minimum Gasteiger partial charge on any atom is -0.399 e. The van der Waals surface area contributed by atoms with Gasteiger partial charge in [-0.25, -0.2) is 4.79 Å². The first-order chi connectivity index (χ1) is 16.3. The van der Waals surface area contributed by atoms with Crippen LogP contribution in [-0.4, -0.2) is 70.6 Å². The Morgan fingerprint density at radius 3 is 2.56 bits per heavy atom. The molecular weight excluding hydrogens is 554 g/mol. The Hall–Kier alpha value is -2.22. The average molecular weight is 577 g/mol. The van der Waals surface area contributed by atoms with Gasteiger partial charge < -0.3 is 34.5 Å². The smallest absolute Gasteiger partial charge is 0.399 e. The van der Waals surface area contributed by atoms with Crippen LogP contribution in [0.25, 0.3) is 0 Å². The number of ether oxygens (including phenoxy) is 4. The maximum absolute atomic E-state index is 13.3. The van der Waals surface area contributed by atoms with Crippen molar-refractivity contribution in [2.24, 2.45) is 0 Å². The number of amides is 3. The minimum atomic E-state index is -1.60. The van der Waals surface area contributed by atoms with Crippen LogP contribution in [-0.2, 0) is 23.8 Å². The third-order valence-corrected chi connectivity index (χ3v) is 6.59. The van der Waals surface area contributed by atoms with Gasteiger partial charge in [-0.1, -0.05) is 22.9 Å². The Balaban J connectivity index is 1.77. The molecule has 1 fully saturated rings. The van der Waals surface area contributed by atoms with Crippen molar-refractivity contribution in [2.75, 3.05) is 57.4 Å². The number of methoxy groups -OCH3 is 2. The van der Waals surface area contributed by atoms with E-state index in [0.717, 1.165) is 3.79 Å². The second-order valence-electron chi connectivity index (χ2n) is 7.24. The van der Waals surface area contributed by atoms with Gasteiger partial charge in [0.05, 0.1) is 34.3 Å². The molecule has 3 amide bonds. The van der Waals surface area contributed by atoms with Gasteiger partial charge in [-0.3, -0.25) is 9.59 Å². The summed E-state index contributed by atoms with van der Waals surface area (Å²) in [6.45, 7) is 0.382. The molecule has 13 heteroatoms. The van der Waals surface area contributed by atoms with E-state index >= 15 is 0 Å². The summed E-state index contributed by atoms with van der Waals surface area (Å²) in [4.78, 5) is 39.5. The second-order valence-corrected chi connectivity index (χ2v) is 10.1. The predicted molar refractivity (Wildman–Crippen MR) is 131 cm³/mol. The second kappa shape index (κ2) is 12.0. The highest BCUT2D eigenvalue weighted by molar-refractivity contribution is 9.11. The van der Waals surface area contributed by atoms with Crippen molar-refractivity contribution < 1.29 is 33.3 Å². The summed E-state index contributed by atoms with van der Waals surface area (Å²) in [5.41, 5.74) is -0.731. The van der Waals surface area contributed by atoms with Crippen molar-refractivity contribution in [1.29, 1.82) is 0 Å². The summed E-state index contributed by atoms with van der Waals surface area (Å²) in [6.07, 6.45) is -0.849. The molecule has 0 radical (unpaired) electrons. The van der Waals surface area contributed by atoms with Crippen LogP contribution in [0.5, 0.6) is 5.06 Å². The molecule has 0 aliphatic carbocycles. The first-order valence-electron chi connectivity index (χ1n) is 10.0. The average Bonchev–Trinajstić information content (AvgIpc) is 3.19. The fourth-order valence-electron chi connectivity index (χ4n) is 3.29. The van der Waals surface area contributed by atoms with Crippen molar-refractivity contribution >= 4 is 68.2 Å². The molecule has 184 valence electrons. The molecule has 2 aromatic rings. The number of hydrogen-bond donors (Lipinski definition) is 2. The number of nitrogens with one attached hydrogen (secondary N) is 2. The molecule has 3 rings (SSSR count). The third-order valence-electron chi connectivity index (χ3n) is 4.78. The third kappa shape index (κ3) is 6.46. The Labute approximate surface area is 213 Å². The number of thiophene rings is 1. The Morgan fingerprint density at radius 1 is 1.24 bits per heavy atom. The summed E-state index contributed by atoms with van der Waals surface area (Å²) in [5.74, 6) is -0.809. The van der Waals surface area contributed by atoms with E-state index in [1.54, 1.807) is 24.3 Å². The molecule has 0 unspecified atom stereocenters. The van der Waals surface area contributed by atoms with Crippen LogP contribution in [0.3, 0.4) is 0 Å². The number of morpholine rings is 1. The van der Waals surface area contributed by atoms with Crippen LogP contribution in [0.4, 0.5) is 16.2 Å². The highest BCUT2D eigenvalue weighted by Gasteiger charge is 2.41. The van der Waals surface area contributed by atoms with E-state index in [4.69, 9.17) is 30.5 Å². The van der Waals surface area contributed by atoms with Gasteiger partial charge in [0.1, 0.15) is 6.61 Å². The molecule has 0 bridgehead atoms. The van der Waals surface area contributed by atoms with E-state index in [1.165, 1.54) is 36.5 Å². The first kappa shape index (κ1) is 26.4. The lowest BCUT2D eigenvalue weighted by molar-refractivity contribution is -0.127. The van der Waals surface area contributed by atoms with Gasteiger partial charge in [0, 0.05) is 26.5 Å². The van der Waals surface area contributed by atoms with Gasteiger partial charge >= 0.3 is 6.09 Å².